The Kier molecular flexibility index (Phi) is 7.90. The van der Waals surface area contributed by atoms with E-state index in [2.05, 4.69) is 0 Å². The van der Waals surface area contributed by atoms with E-state index < -0.39 is 78.2 Å². The first-order valence-electron chi connectivity index (χ1n) is 13.2. The molecule has 0 bridgehead atoms. The van der Waals surface area contributed by atoms with Gasteiger partial charge in [-0.1, -0.05) is 60.7 Å². The predicted octanol–water partition coefficient (Wildman–Crippen LogP) is 2.03. The van der Waals surface area contributed by atoms with Gasteiger partial charge in [0.25, 0.3) is 11.8 Å². The lowest BCUT2D eigenvalue weighted by Gasteiger charge is -2.44. The van der Waals surface area contributed by atoms with Gasteiger partial charge in [-0.15, -0.1) is 0 Å². The minimum Gasteiger partial charge on any atom is -0.452 e. The molecule has 2 aromatic carbocycles. The first kappa shape index (κ1) is 29.7. The van der Waals surface area contributed by atoms with E-state index in [1.54, 1.807) is 60.7 Å². The van der Waals surface area contributed by atoms with Crippen LogP contribution in [-0.2, 0) is 47.6 Å². The van der Waals surface area contributed by atoms with Gasteiger partial charge in [0.05, 0.1) is 14.2 Å². The summed E-state index contributed by atoms with van der Waals surface area (Å²) in [6.45, 7) is 2.89. The highest BCUT2D eigenvalue weighted by atomic mass is 16.8. The highest BCUT2D eigenvalue weighted by Crippen LogP contribution is 2.41. The van der Waals surface area contributed by atoms with Crippen LogP contribution in [0.3, 0.4) is 0 Å². The number of hydrogen-bond donors (Lipinski definition) is 0. The normalized spacial score (nSPS) is 27.4. The fraction of sp³-hybridized carbons (Fsp3) is 0.379. The van der Waals surface area contributed by atoms with Gasteiger partial charge in [0.15, 0.2) is 18.0 Å². The molecular weight excluding hydrogens is 568 g/mol. The highest BCUT2D eigenvalue weighted by Gasteiger charge is 2.60. The zero-order chi connectivity index (χ0) is 31.1. The maximum Gasteiger partial charge on any atom is 0.417 e. The van der Waals surface area contributed by atoms with Gasteiger partial charge in [-0.05, 0) is 25.0 Å². The molecule has 0 unspecified atom stereocenters. The summed E-state index contributed by atoms with van der Waals surface area (Å²) in [6.07, 6.45) is -8.12. The average molecular weight is 597 g/mol. The van der Waals surface area contributed by atoms with Crippen molar-refractivity contribution >= 4 is 35.9 Å². The molecule has 0 saturated carbocycles. The zero-order valence-corrected chi connectivity index (χ0v) is 23.5. The third-order valence-electron chi connectivity index (χ3n) is 7.16. The number of hydrogen-bond acceptors (Lipinski definition) is 12. The smallest absolute Gasteiger partial charge is 0.417 e. The second-order valence-electron chi connectivity index (χ2n) is 10.3. The first-order chi connectivity index (χ1) is 20.5. The minimum absolute atomic E-state index is 0.496. The molecule has 0 aliphatic carbocycles. The summed E-state index contributed by atoms with van der Waals surface area (Å²) in [5.41, 5.74) is 0.992. The molecule has 5 rings (SSSR count). The van der Waals surface area contributed by atoms with Crippen LogP contribution in [0, 0.1) is 0 Å². The Morgan fingerprint density at radius 3 is 1.33 bits per heavy atom. The van der Waals surface area contributed by atoms with E-state index in [-0.39, 0.29) is 0 Å². The van der Waals surface area contributed by atoms with Crippen LogP contribution < -0.4 is 0 Å². The van der Waals surface area contributed by atoms with Crippen LogP contribution in [0.5, 0.6) is 0 Å². The number of likely N-dealkylation sites (tertiary alicyclic amines) is 2. The lowest BCUT2D eigenvalue weighted by Crippen LogP contribution is -2.63. The number of ether oxygens (including phenoxy) is 6. The van der Waals surface area contributed by atoms with Gasteiger partial charge < -0.3 is 28.4 Å². The van der Waals surface area contributed by atoms with Crippen LogP contribution in [0.2, 0.25) is 0 Å². The quantitative estimate of drug-likeness (QED) is 0.271. The third kappa shape index (κ3) is 5.30. The van der Waals surface area contributed by atoms with Crippen molar-refractivity contribution < 1.29 is 57.2 Å². The molecule has 6 atom stereocenters. The monoisotopic (exact) mass is 596 g/mol. The Labute approximate surface area is 245 Å². The molecule has 0 N–H and O–H groups in total. The zero-order valence-electron chi connectivity index (χ0n) is 23.5. The molecule has 3 fully saturated rings. The molecule has 3 saturated heterocycles. The number of β-lactam (4-membered cyclic amide) rings is 2. The second kappa shape index (κ2) is 11.5. The number of nitrogens with zero attached hydrogens (tertiary/aromatic N) is 2. The van der Waals surface area contributed by atoms with Crippen molar-refractivity contribution in [3.8, 4) is 0 Å². The molecule has 0 aromatic heterocycles. The topological polar surface area (TPSA) is 164 Å². The Morgan fingerprint density at radius 2 is 1.00 bits per heavy atom. The average Bonchev–Trinajstić information content (AvgIpc) is 3.35. The van der Waals surface area contributed by atoms with Crippen molar-refractivity contribution in [3.63, 3.8) is 0 Å². The van der Waals surface area contributed by atoms with Gasteiger partial charge in [-0.2, -0.15) is 0 Å². The first-order valence-corrected chi connectivity index (χ1v) is 13.2. The van der Waals surface area contributed by atoms with Crippen LogP contribution in [0.1, 0.15) is 37.1 Å². The summed E-state index contributed by atoms with van der Waals surface area (Å²) in [4.78, 5) is 78.6. The van der Waals surface area contributed by atoms with E-state index in [4.69, 9.17) is 28.4 Å². The van der Waals surface area contributed by atoms with Crippen molar-refractivity contribution in [2.45, 2.75) is 56.1 Å². The Morgan fingerprint density at radius 1 is 0.651 bits per heavy atom. The van der Waals surface area contributed by atoms with E-state index in [0.29, 0.717) is 11.1 Å². The second-order valence-corrected chi connectivity index (χ2v) is 10.3. The summed E-state index contributed by atoms with van der Waals surface area (Å²) in [7, 11) is 2.22. The SMILES string of the molecule is COC(=O)N1C(=O)[C@H](OC(=O)[C@@H]2OC(C)(C)O[C@H]2C(=O)O[C@H]2C(=O)N(C(=O)OC)[C@H]2c2ccccc2)[C@@H]1c1ccccc1. The van der Waals surface area contributed by atoms with Gasteiger partial charge in [-0.3, -0.25) is 9.59 Å². The van der Waals surface area contributed by atoms with Crippen molar-refractivity contribution in [3.05, 3.63) is 71.8 Å². The molecule has 43 heavy (non-hydrogen) atoms. The summed E-state index contributed by atoms with van der Waals surface area (Å²) in [5, 5.41) is 0. The molecule has 14 nitrogen and oxygen atoms in total. The minimum atomic E-state index is -1.69. The van der Waals surface area contributed by atoms with E-state index in [1.807, 2.05) is 0 Å². The number of carbonyl (C=O) groups excluding carboxylic acids is 6. The van der Waals surface area contributed by atoms with Gasteiger partial charge in [0.2, 0.25) is 12.2 Å². The molecule has 0 spiro atoms. The van der Waals surface area contributed by atoms with Crippen LogP contribution in [0.15, 0.2) is 60.7 Å². The van der Waals surface area contributed by atoms with Gasteiger partial charge >= 0.3 is 24.1 Å². The molecule has 3 aliphatic rings. The van der Waals surface area contributed by atoms with Gasteiger partial charge in [0, 0.05) is 0 Å². The van der Waals surface area contributed by atoms with Crippen LogP contribution in [0.25, 0.3) is 0 Å². The maximum atomic E-state index is 13.4. The number of carbonyl (C=O) groups is 6. The number of esters is 2. The number of benzene rings is 2. The number of imide groups is 2. The lowest BCUT2D eigenvalue weighted by molar-refractivity contribution is -0.191. The van der Waals surface area contributed by atoms with Crippen molar-refractivity contribution in [2.24, 2.45) is 0 Å². The largest absolute Gasteiger partial charge is 0.452 e. The van der Waals surface area contributed by atoms with Crippen LogP contribution >= 0.6 is 0 Å². The number of amides is 4. The number of methoxy groups -OCH3 is 2. The van der Waals surface area contributed by atoms with Gasteiger partial charge in [0.1, 0.15) is 12.1 Å². The highest BCUT2D eigenvalue weighted by molar-refractivity contribution is 6.03. The standard InChI is InChI=1S/C29H28N2O12/c1-29(2)42-21(25(34)40-19-17(15-11-7-5-8-12-15)30(23(19)32)27(36)38-3)22(43-29)26(35)41-20-18(16-13-9-6-10-14-16)31(24(20)33)28(37)39-4/h5-14,17-22H,1-4H3/t17-,18-,19+,20+,21+,22+/m0/s1. The summed E-state index contributed by atoms with van der Waals surface area (Å²) in [5.74, 6) is -5.40. The number of rotatable bonds is 6. The predicted molar refractivity (Wildman–Crippen MR) is 140 cm³/mol. The van der Waals surface area contributed by atoms with E-state index in [1.165, 1.54) is 13.8 Å². The summed E-state index contributed by atoms with van der Waals surface area (Å²) >= 11 is 0. The van der Waals surface area contributed by atoms with Gasteiger partial charge in [-0.25, -0.2) is 29.0 Å². The fourth-order valence-electron chi connectivity index (χ4n) is 5.20. The Hall–Kier alpha value is -4.82. The molecule has 3 heterocycles. The molecular formula is C29H28N2O12. The van der Waals surface area contributed by atoms with E-state index in [9.17, 15) is 28.8 Å². The van der Waals surface area contributed by atoms with Crippen LogP contribution in [-0.4, -0.2) is 90.2 Å². The molecule has 14 heteroatoms. The van der Waals surface area contributed by atoms with Crippen LogP contribution in [0.4, 0.5) is 9.59 Å². The summed E-state index contributed by atoms with van der Waals surface area (Å²) in [6, 6.07) is 14.8. The molecule has 3 aliphatic heterocycles. The fourth-order valence-corrected chi connectivity index (χ4v) is 5.20. The van der Waals surface area contributed by atoms with Crippen molar-refractivity contribution in [2.75, 3.05) is 14.2 Å². The maximum absolute atomic E-state index is 13.4. The molecule has 2 aromatic rings. The van der Waals surface area contributed by atoms with E-state index in [0.717, 1.165) is 24.0 Å². The van der Waals surface area contributed by atoms with Crippen molar-refractivity contribution in [1.29, 1.82) is 0 Å². The molecule has 4 amide bonds. The Bertz CT molecular complexity index is 1340. The summed E-state index contributed by atoms with van der Waals surface area (Å²) < 4.78 is 31.7. The Balaban J connectivity index is 1.34. The van der Waals surface area contributed by atoms with Crippen molar-refractivity contribution in [1.82, 2.24) is 9.80 Å². The lowest BCUT2D eigenvalue weighted by atomic mass is 9.91. The third-order valence-corrected chi connectivity index (χ3v) is 7.16. The van der Waals surface area contributed by atoms with E-state index >= 15 is 0 Å². The molecule has 226 valence electrons. The molecule has 0 radical (unpaired) electrons.